The van der Waals surface area contributed by atoms with E-state index in [2.05, 4.69) is 41.2 Å². The molecule has 2 atom stereocenters. The van der Waals surface area contributed by atoms with Crippen molar-refractivity contribution >= 4 is 10.9 Å². The maximum Gasteiger partial charge on any atom is 0.119 e. The van der Waals surface area contributed by atoms with Crippen molar-refractivity contribution in [2.24, 2.45) is 5.92 Å². The second-order valence-electron chi connectivity index (χ2n) is 6.36. The molecule has 2 unspecified atom stereocenters. The van der Waals surface area contributed by atoms with Crippen LogP contribution in [0.2, 0.25) is 0 Å². The summed E-state index contributed by atoms with van der Waals surface area (Å²) in [4.78, 5) is 0. The number of benzene rings is 1. The third kappa shape index (κ3) is 3.41. The van der Waals surface area contributed by atoms with Gasteiger partial charge in [0.05, 0.1) is 7.11 Å². The molecule has 1 aliphatic rings. The average molecular weight is 286 g/mol. The second-order valence-corrected chi connectivity index (χ2v) is 6.36. The first kappa shape index (κ1) is 14.5. The van der Waals surface area contributed by atoms with Gasteiger partial charge >= 0.3 is 0 Å². The lowest BCUT2D eigenvalue weighted by atomic mass is 9.87. The van der Waals surface area contributed by atoms with Gasteiger partial charge in [0.25, 0.3) is 0 Å². The lowest BCUT2D eigenvalue weighted by Gasteiger charge is -2.27. The number of aromatic nitrogens is 1. The van der Waals surface area contributed by atoms with Crippen LogP contribution in [0.15, 0.2) is 30.5 Å². The van der Waals surface area contributed by atoms with E-state index in [1.54, 1.807) is 7.11 Å². The Morgan fingerprint density at radius 1 is 1.29 bits per heavy atom. The molecule has 0 amide bonds. The highest BCUT2D eigenvalue weighted by molar-refractivity contribution is 5.81. The number of nitrogens with one attached hydrogen (secondary N) is 1. The molecule has 0 bridgehead atoms. The van der Waals surface area contributed by atoms with E-state index in [1.165, 1.54) is 36.6 Å². The number of ether oxygens (including phenoxy) is 1. The Hall–Kier alpha value is -1.48. The smallest absolute Gasteiger partial charge is 0.119 e. The quantitative estimate of drug-likeness (QED) is 0.904. The standard InChI is InChI=1S/C18H26N2O/c1-14-4-3-5-16(12-14)19-9-11-20-10-8-15-13-17(21-2)6-7-18(15)20/h6-8,10,13-14,16,19H,3-5,9,11-12H2,1-2H3. The summed E-state index contributed by atoms with van der Waals surface area (Å²) in [6, 6.07) is 9.17. The van der Waals surface area contributed by atoms with Gasteiger partial charge in [-0.25, -0.2) is 0 Å². The van der Waals surface area contributed by atoms with Crippen molar-refractivity contribution in [3.63, 3.8) is 0 Å². The normalized spacial score (nSPS) is 22.6. The fraction of sp³-hybridized carbons (Fsp3) is 0.556. The van der Waals surface area contributed by atoms with Gasteiger partial charge in [0.2, 0.25) is 0 Å². The van der Waals surface area contributed by atoms with Crippen LogP contribution < -0.4 is 10.1 Å². The number of nitrogens with zero attached hydrogens (tertiary/aromatic N) is 1. The highest BCUT2D eigenvalue weighted by Gasteiger charge is 2.17. The molecule has 1 aliphatic carbocycles. The molecule has 2 aromatic rings. The average Bonchev–Trinajstić information content (AvgIpc) is 2.90. The van der Waals surface area contributed by atoms with Gasteiger partial charge in [0.15, 0.2) is 0 Å². The molecule has 1 fully saturated rings. The molecule has 3 nitrogen and oxygen atoms in total. The van der Waals surface area contributed by atoms with Gasteiger partial charge in [-0.2, -0.15) is 0 Å². The van der Waals surface area contributed by atoms with Gasteiger partial charge in [-0.3, -0.25) is 0 Å². The van der Waals surface area contributed by atoms with Gasteiger partial charge in [0, 0.05) is 36.2 Å². The first-order valence-corrected chi connectivity index (χ1v) is 8.12. The van der Waals surface area contributed by atoms with E-state index in [0.717, 1.165) is 30.8 Å². The molecule has 0 spiro atoms. The first-order chi connectivity index (χ1) is 10.3. The molecule has 1 aromatic carbocycles. The van der Waals surface area contributed by atoms with E-state index in [4.69, 9.17) is 4.74 Å². The zero-order valence-electron chi connectivity index (χ0n) is 13.1. The Bertz CT molecular complexity index is 590. The zero-order chi connectivity index (χ0) is 14.7. The summed E-state index contributed by atoms with van der Waals surface area (Å²) >= 11 is 0. The molecule has 3 heteroatoms. The Balaban J connectivity index is 1.58. The SMILES string of the molecule is COc1ccc2c(ccn2CCNC2CCCC(C)C2)c1. The number of fused-ring (bicyclic) bond motifs is 1. The Kier molecular flexibility index (Phi) is 4.49. The summed E-state index contributed by atoms with van der Waals surface area (Å²) in [5, 5.41) is 4.98. The lowest BCUT2D eigenvalue weighted by Crippen LogP contribution is -2.35. The van der Waals surface area contributed by atoms with Gasteiger partial charge in [0.1, 0.15) is 5.75 Å². The van der Waals surface area contributed by atoms with Gasteiger partial charge in [-0.05, 0) is 43.0 Å². The molecule has 1 heterocycles. The minimum absolute atomic E-state index is 0.718. The van der Waals surface area contributed by atoms with Crippen LogP contribution in [0.3, 0.4) is 0 Å². The van der Waals surface area contributed by atoms with Crippen LogP contribution >= 0.6 is 0 Å². The number of methoxy groups -OCH3 is 1. The summed E-state index contributed by atoms with van der Waals surface area (Å²) in [6.07, 6.45) is 7.64. The molecule has 1 saturated carbocycles. The van der Waals surface area contributed by atoms with Crippen LogP contribution in [0.1, 0.15) is 32.6 Å². The molecule has 1 aromatic heterocycles. The van der Waals surface area contributed by atoms with Crippen molar-refractivity contribution < 1.29 is 4.74 Å². The molecule has 3 rings (SSSR count). The number of hydrogen-bond donors (Lipinski definition) is 1. The van der Waals surface area contributed by atoms with Crippen LogP contribution in [0.25, 0.3) is 10.9 Å². The third-order valence-corrected chi connectivity index (χ3v) is 4.70. The third-order valence-electron chi connectivity index (χ3n) is 4.70. The summed E-state index contributed by atoms with van der Waals surface area (Å²) in [7, 11) is 1.72. The second kappa shape index (κ2) is 6.52. The molecule has 0 aliphatic heterocycles. The molecule has 0 radical (unpaired) electrons. The highest BCUT2D eigenvalue weighted by Crippen LogP contribution is 2.24. The minimum atomic E-state index is 0.718. The predicted molar refractivity (Wildman–Crippen MR) is 87.9 cm³/mol. The lowest BCUT2D eigenvalue weighted by molar-refractivity contribution is 0.299. The highest BCUT2D eigenvalue weighted by atomic mass is 16.5. The van der Waals surface area contributed by atoms with Crippen molar-refractivity contribution in [1.29, 1.82) is 0 Å². The topological polar surface area (TPSA) is 26.2 Å². The monoisotopic (exact) mass is 286 g/mol. The Morgan fingerprint density at radius 3 is 3.00 bits per heavy atom. The molecular formula is C18H26N2O. The maximum absolute atomic E-state index is 5.28. The van der Waals surface area contributed by atoms with Crippen molar-refractivity contribution in [3.8, 4) is 5.75 Å². The number of rotatable bonds is 5. The van der Waals surface area contributed by atoms with Gasteiger partial charge < -0.3 is 14.6 Å². The largest absolute Gasteiger partial charge is 0.497 e. The Morgan fingerprint density at radius 2 is 2.19 bits per heavy atom. The first-order valence-electron chi connectivity index (χ1n) is 8.12. The van der Waals surface area contributed by atoms with E-state index < -0.39 is 0 Å². The fourth-order valence-corrected chi connectivity index (χ4v) is 3.51. The van der Waals surface area contributed by atoms with E-state index in [0.29, 0.717) is 0 Å². The molecule has 21 heavy (non-hydrogen) atoms. The van der Waals surface area contributed by atoms with Crippen molar-refractivity contribution in [2.45, 2.75) is 45.2 Å². The van der Waals surface area contributed by atoms with Crippen molar-refractivity contribution in [1.82, 2.24) is 9.88 Å². The van der Waals surface area contributed by atoms with E-state index in [-0.39, 0.29) is 0 Å². The number of hydrogen-bond acceptors (Lipinski definition) is 2. The van der Waals surface area contributed by atoms with E-state index >= 15 is 0 Å². The van der Waals surface area contributed by atoms with Crippen LogP contribution in [0, 0.1) is 5.92 Å². The summed E-state index contributed by atoms with van der Waals surface area (Å²) in [5.74, 6) is 1.81. The van der Waals surface area contributed by atoms with Gasteiger partial charge in [-0.1, -0.05) is 19.8 Å². The van der Waals surface area contributed by atoms with Crippen molar-refractivity contribution in [3.05, 3.63) is 30.5 Å². The molecule has 0 saturated heterocycles. The summed E-state index contributed by atoms with van der Waals surface area (Å²) < 4.78 is 7.61. The minimum Gasteiger partial charge on any atom is -0.497 e. The summed E-state index contributed by atoms with van der Waals surface area (Å²) in [6.45, 7) is 4.45. The van der Waals surface area contributed by atoms with Crippen LogP contribution in [-0.2, 0) is 6.54 Å². The van der Waals surface area contributed by atoms with E-state index in [9.17, 15) is 0 Å². The van der Waals surface area contributed by atoms with Crippen LogP contribution in [-0.4, -0.2) is 24.3 Å². The van der Waals surface area contributed by atoms with E-state index in [1.807, 2.05) is 6.07 Å². The molecular weight excluding hydrogens is 260 g/mol. The maximum atomic E-state index is 5.28. The molecule has 114 valence electrons. The summed E-state index contributed by atoms with van der Waals surface area (Å²) in [5.41, 5.74) is 1.29. The van der Waals surface area contributed by atoms with Crippen LogP contribution in [0.5, 0.6) is 5.75 Å². The zero-order valence-corrected chi connectivity index (χ0v) is 13.1. The fourth-order valence-electron chi connectivity index (χ4n) is 3.51. The molecule has 1 N–H and O–H groups in total. The van der Waals surface area contributed by atoms with Crippen molar-refractivity contribution in [2.75, 3.05) is 13.7 Å². The predicted octanol–water partition coefficient (Wildman–Crippen LogP) is 3.82. The Labute approximate surface area is 127 Å². The van der Waals surface area contributed by atoms with Crippen LogP contribution in [0.4, 0.5) is 0 Å². The van der Waals surface area contributed by atoms with Gasteiger partial charge in [-0.15, -0.1) is 0 Å².